The van der Waals surface area contributed by atoms with E-state index in [4.69, 9.17) is 0 Å². The zero-order valence-corrected chi connectivity index (χ0v) is 23.9. The van der Waals surface area contributed by atoms with Crippen LogP contribution in [0.25, 0.3) is 16.9 Å². The maximum atomic E-state index is 13.7. The maximum absolute atomic E-state index is 13.7. The number of hydrogen-bond acceptors (Lipinski definition) is 8. The number of benzene rings is 2. The van der Waals surface area contributed by atoms with Crippen molar-refractivity contribution in [2.75, 3.05) is 44.4 Å². The largest absolute Gasteiger partial charge is 0.416 e. The van der Waals surface area contributed by atoms with Crippen molar-refractivity contribution in [2.45, 2.75) is 26.4 Å². The first kappa shape index (κ1) is 30.3. The number of ketones is 1. The van der Waals surface area contributed by atoms with Crippen LogP contribution in [0.1, 0.15) is 34.2 Å². The summed E-state index contributed by atoms with van der Waals surface area (Å²) in [5, 5.41) is 11.0. The molecule has 13 heteroatoms. The van der Waals surface area contributed by atoms with Gasteiger partial charge in [-0.25, -0.2) is 14.6 Å². The predicted molar refractivity (Wildman–Crippen MR) is 153 cm³/mol. The summed E-state index contributed by atoms with van der Waals surface area (Å²) in [5.41, 5.74) is 2.16. The monoisotopic (exact) mass is 580 g/mol. The lowest BCUT2D eigenvalue weighted by Crippen LogP contribution is -2.28. The number of carbonyl (C=O) groups excluding carboxylic acids is 2. The second-order valence-corrected chi connectivity index (χ2v) is 10.3. The lowest BCUT2D eigenvalue weighted by molar-refractivity contribution is -0.137. The van der Waals surface area contributed by atoms with E-state index in [1.165, 1.54) is 17.7 Å². The van der Waals surface area contributed by atoms with Crippen LogP contribution in [0.2, 0.25) is 0 Å². The lowest BCUT2D eigenvalue weighted by atomic mass is 10.1. The number of nitrogens with zero attached hydrogens (tertiary/aromatic N) is 7. The predicted octanol–water partition coefficient (Wildman–Crippen LogP) is 4.43. The average molecular weight is 581 g/mol. The third-order valence-corrected chi connectivity index (χ3v) is 6.45. The summed E-state index contributed by atoms with van der Waals surface area (Å²) in [6, 6.07) is 8.41. The fourth-order valence-corrected chi connectivity index (χ4v) is 4.06. The number of Topliss-reactive ketones (excluding diaryl/α,β-unsaturated/α-hetero) is 1. The number of amides is 1. The molecular formula is C29H31F3N8O2. The van der Waals surface area contributed by atoms with Gasteiger partial charge in [-0.3, -0.25) is 9.59 Å². The van der Waals surface area contributed by atoms with Crippen molar-refractivity contribution in [3.63, 3.8) is 0 Å². The fourth-order valence-electron chi connectivity index (χ4n) is 4.06. The van der Waals surface area contributed by atoms with Crippen molar-refractivity contribution >= 4 is 23.1 Å². The SMILES string of the molecule is CC(=O)Cc1ncc(-c2cn(-c3cc(C(=O)Nc4cc(N(C)CCN(C)C)cc(C(F)(F)F)c4)ccc3C)nn2)cn1. The molecule has 10 nitrogen and oxygen atoms in total. The minimum atomic E-state index is -4.58. The van der Waals surface area contributed by atoms with Crippen molar-refractivity contribution in [2.24, 2.45) is 0 Å². The quantitative estimate of drug-likeness (QED) is 0.294. The zero-order chi connectivity index (χ0) is 30.6. The third kappa shape index (κ3) is 7.55. The number of likely N-dealkylation sites (N-methyl/N-ethyl adjacent to an activating group) is 2. The van der Waals surface area contributed by atoms with E-state index in [0.717, 1.165) is 17.7 Å². The summed E-state index contributed by atoms with van der Waals surface area (Å²) in [4.78, 5) is 36.5. The Hall–Kier alpha value is -4.65. The first-order valence-electron chi connectivity index (χ1n) is 13.0. The molecule has 42 heavy (non-hydrogen) atoms. The molecular weight excluding hydrogens is 549 g/mol. The Morgan fingerprint density at radius 2 is 1.71 bits per heavy atom. The number of hydrogen-bond donors (Lipinski definition) is 1. The third-order valence-electron chi connectivity index (χ3n) is 6.45. The van der Waals surface area contributed by atoms with Crippen molar-refractivity contribution in [1.29, 1.82) is 0 Å². The highest BCUT2D eigenvalue weighted by Crippen LogP contribution is 2.34. The van der Waals surface area contributed by atoms with E-state index in [0.29, 0.717) is 41.5 Å². The van der Waals surface area contributed by atoms with Gasteiger partial charge in [0.15, 0.2) is 0 Å². The van der Waals surface area contributed by atoms with Crippen molar-refractivity contribution in [3.8, 4) is 16.9 Å². The molecule has 0 saturated carbocycles. The fraction of sp³-hybridized carbons (Fsp3) is 0.310. The second kappa shape index (κ2) is 12.5. The van der Waals surface area contributed by atoms with Crippen LogP contribution in [0.3, 0.4) is 0 Å². The molecule has 1 N–H and O–H groups in total. The molecule has 0 saturated heterocycles. The van der Waals surface area contributed by atoms with Gasteiger partial charge in [0.05, 0.1) is 23.9 Å². The van der Waals surface area contributed by atoms with E-state index in [9.17, 15) is 22.8 Å². The molecule has 1 amide bonds. The maximum Gasteiger partial charge on any atom is 0.416 e. The van der Waals surface area contributed by atoms with Gasteiger partial charge in [-0.2, -0.15) is 13.2 Å². The topological polar surface area (TPSA) is 109 Å². The van der Waals surface area contributed by atoms with Crippen LogP contribution in [0, 0.1) is 6.92 Å². The molecule has 0 atom stereocenters. The number of alkyl halides is 3. The normalized spacial score (nSPS) is 11.5. The molecule has 0 spiro atoms. The zero-order valence-electron chi connectivity index (χ0n) is 23.9. The van der Waals surface area contributed by atoms with E-state index >= 15 is 0 Å². The average Bonchev–Trinajstić information content (AvgIpc) is 3.41. The lowest BCUT2D eigenvalue weighted by Gasteiger charge is -2.23. The number of aromatic nitrogens is 5. The van der Waals surface area contributed by atoms with Gasteiger partial charge in [-0.1, -0.05) is 11.3 Å². The molecule has 220 valence electrons. The van der Waals surface area contributed by atoms with Gasteiger partial charge in [0, 0.05) is 55.0 Å². The van der Waals surface area contributed by atoms with Crippen molar-refractivity contribution in [1.82, 2.24) is 29.9 Å². The van der Waals surface area contributed by atoms with E-state index in [1.807, 2.05) is 25.9 Å². The smallest absolute Gasteiger partial charge is 0.373 e. The molecule has 4 rings (SSSR count). The van der Waals surface area contributed by atoms with E-state index in [-0.39, 0.29) is 23.5 Å². The van der Waals surface area contributed by atoms with Crippen LogP contribution in [-0.4, -0.2) is 75.8 Å². The molecule has 2 aromatic heterocycles. The number of anilines is 2. The highest BCUT2D eigenvalue weighted by atomic mass is 19.4. The van der Waals surface area contributed by atoms with Crippen LogP contribution in [0.4, 0.5) is 24.5 Å². The summed E-state index contributed by atoms with van der Waals surface area (Å²) in [6.45, 7) is 4.43. The molecule has 0 unspecified atom stereocenters. The Kier molecular flexibility index (Phi) is 9.00. The summed E-state index contributed by atoms with van der Waals surface area (Å²) in [7, 11) is 5.46. The first-order valence-corrected chi connectivity index (χ1v) is 13.0. The molecule has 0 aliphatic carbocycles. The summed E-state index contributed by atoms with van der Waals surface area (Å²) in [6.07, 6.45) is 0.305. The van der Waals surface area contributed by atoms with Crippen LogP contribution in [0.15, 0.2) is 55.0 Å². The number of carbonyl (C=O) groups is 2. The van der Waals surface area contributed by atoms with Crippen molar-refractivity contribution in [3.05, 3.63) is 77.5 Å². The second-order valence-electron chi connectivity index (χ2n) is 10.3. The minimum Gasteiger partial charge on any atom is -0.373 e. The van der Waals surface area contributed by atoms with Gasteiger partial charge < -0.3 is 15.1 Å². The van der Waals surface area contributed by atoms with Gasteiger partial charge in [0.1, 0.15) is 17.3 Å². The van der Waals surface area contributed by atoms with Crippen LogP contribution < -0.4 is 10.2 Å². The minimum absolute atomic E-state index is 0.0277. The molecule has 0 aliphatic rings. The Morgan fingerprint density at radius 3 is 2.36 bits per heavy atom. The highest BCUT2D eigenvalue weighted by Gasteiger charge is 2.32. The van der Waals surface area contributed by atoms with Gasteiger partial charge in [-0.15, -0.1) is 5.10 Å². The summed E-state index contributed by atoms with van der Waals surface area (Å²) in [5.74, 6) is -0.220. The standard InChI is InChI=1S/C29H31F3N8O2/c1-18-6-7-20(11-26(18)40-17-25(36-37-40)21-15-33-27(34-16-21)10-19(2)41)28(42)35-23-12-22(29(30,31)32)13-24(14-23)39(5)9-8-38(3)4/h6-7,11-17H,8-10H2,1-5H3,(H,35,42). The summed E-state index contributed by atoms with van der Waals surface area (Å²) < 4.78 is 42.6. The van der Waals surface area contributed by atoms with Gasteiger partial charge >= 0.3 is 6.18 Å². The number of aryl methyl sites for hydroxylation is 1. The van der Waals surface area contributed by atoms with Crippen LogP contribution in [-0.2, 0) is 17.4 Å². The molecule has 0 aliphatic heterocycles. The van der Waals surface area contributed by atoms with Gasteiger partial charge in [0.25, 0.3) is 5.91 Å². The Labute approximate surface area is 241 Å². The Balaban J connectivity index is 1.58. The van der Waals surface area contributed by atoms with E-state index < -0.39 is 17.6 Å². The number of rotatable bonds is 10. The highest BCUT2D eigenvalue weighted by molar-refractivity contribution is 6.05. The molecule has 4 aromatic rings. The van der Waals surface area contributed by atoms with E-state index in [2.05, 4.69) is 25.6 Å². The Bertz CT molecular complexity index is 1580. The van der Waals surface area contributed by atoms with Gasteiger partial charge in [-0.05, 0) is 63.8 Å². The van der Waals surface area contributed by atoms with Crippen molar-refractivity contribution < 1.29 is 22.8 Å². The molecule has 0 fully saturated rings. The molecule has 0 bridgehead atoms. The van der Waals surface area contributed by atoms with E-state index in [1.54, 1.807) is 48.7 Å². The Morgan fingerprint density at radius 1 is 1.00 bits per heavy atom. The van der Waals surface area contributed by atoms with Crippen LogP contribution >= 0.6 is 0 Å². The van der Waals surface area contributed by atoms with Crippen LogP contribution in [0.5, 0.6) is 0 Å². The number of halogens is 3. The van der Waals surface area contributed by atoms with Gasteiger partial charge in [0.2, 0.25) is 0 Å². The first-order chi connectivity index (χ1) is 19.8. The molecule has 0 radical (unpaired) electrons. The molecule has 2 heterocycles. The number of nitrogens with one attached hydrogen (secondary N) is 1. The summed E-state index contributed by atoms with van der Waals surface area (Å²) >= 11 is 0. The molecule has 2 aromatic carbocycles.